The third-order valence-electron chi connectivity index (χ3n) is 7.21. The molecule has 0 saturated carbocycles. The van der Waals surface area contributed by atoms with Crippen LogP contribution in [0, 0.1) is 11.7 Å². The Kier molecular flexibility index (Phi) is 9.53. The maximum atomic E-state index is 14.9. The molecular formula is C28H38FN3O4. The number of aryl methyl sites for hydroxylation is 2. The van der Waals surface area contributed by atoms with Gasteiger partial charge in [0, 0.05) is 38.4 Å². The summed E-state index contributed by atoms with van der Waals surface area (Å²) in [5.74, 6) is 1.20. The summed E-state index contributed by atoms with van der Waals surface area (Å²) in [5.41, 5.74) is 2.94. The van der Waals surface area contributed by atoms with Gasteiger partial charge in [0.05, 0.1) is 20.1 Å². The Balaban J connectivity index is 1.36. The van der Waals surface area contributed by atoms with Crippen LogP contribution in [-0.4, -0.2) is 69.5 Å². The van der Waals surface area contributed by atoms with Gasteiger partial charge in [0.15, 0.2) is 0 Å². The largest absolute Gasteiger partial charge is 0.491 e. The molecule has 2 aliphatic heterocycles. The lowest BCUT2D eigenvalue weighted by Crippen LogP contribution is -2.28. The molecule has 36 heavy (non-hydrogen) atoms. The standard InChI is InChI=1S/C28H38FN3O4/c1-34-14-15-36-24-9-10-26(29)25(17-24)22(16-27(33)35-2)19-32-13-11-20(18-32)5-7-23-8-6-21-4-3-12-30-28(21)31-23/h6,8-10,17,20,22H,3-5,7,11-16,18-19H2,1-2H3,(H,30,31)/t20-,22-/m1/s1. The van der Waals surface area contributed by atoms with Crippen molar-refractivity contribution in [2.45, 2.75) is 44.4 Å². The minimum atomic E-state index is -0.340. The van der Waals surface area contributed by atoms with Crippen LogP contribution in [0.2, 0.25) is 0 Å². The van der Waals surface area contributed by atoms with Gasteiger partial charge in [-0.2, -0.15) is 0 Å². The van der Waals surface area contributed by atoms with E-state index in [1.165, 1.54) is 18.7 Å². The van der Waals surface area contributed by atoms with Crippen molar-refractivity contribution in [3.05, 3.63) is 53.0 Å². The lowest BCUT2D eigenvalue weighted by molar-refractivity contribution is -0.141. The van der Waals surface area contributed by atoms with Crippen molar-refractivity contribution in [3.8, 4) is 5.75 Å². The number of halogens is 1. The summed E-state index contributed by atoms with van der Waals surface area (Å²) in [6.45, 7) is 4.30. The lowest BCUT2D eigenvalue weighted by atomic mass is 9.94. The summed E-state index contributed by atoms with van der Waals surface area (Å²) < 4.78 is 30.5. The van der Waals surface area contributed by atoms with E-state index in [-0.39, 0.29) is 24.1 Å². The summed E-state index contributed by atoms with van der Waals surface area (Å²) in [7, 11) is 2.98. The maximum Gasteiger partial charge on any atom is 0.306 e. The molecule has 1 aromatic carbocycles. The van der Waals surface area contributed by atoms with E-state index < -0.39 is 0 Å². The summed E-state index contributed by atoms with van der Waals surface area (Å²) in [6.07, 6.45) is 5.51. The van der Waals surface area contributed by atoms with Gasteiger partial charge in [0.25, 0.3) is 0 Å². The molecule has 2 aromatic rings. The minimum Gasteiger partial charge on any atom is -0.491 e. The van der Waals surface area contributed by atoms with Crippen molar-refractivity contribution < 1.29 is 23.4 Å². The van der Waals surface area contributed by atoms with E-state index in [2.05, 4.69) is 22.3 Å². The first-order valence-corrected chi connectivity index (χ1v) is 13.0. The number of benzene rings is 1. The van der Waals surface area contributed by atoms with E-state index in [9.17, 15) is 9.18 Å². The Morgan fingerprint density at radius 1 is 1.25 bits per heavy atom. The normalized spacial score (nSPS) is 18.4. The zero-order chi connectivity index (χ0) is 25.3. The highest BCUT2D eigenvalue weighted by atomic mass is 19.1. The van der Waals surface area contributed by atoms with Crippen LogP contribution in [0.3, 0.4) is 0 Å². The molecule has 0 unspecified atom stereocenters. The summed E-state index contributed by atoms with van der Waals surface area (Å²) in [5, 5.41) is 3.42. The Hall–Kier alpha value is -2.71. The molecule has 4 rings (SSSR count). The minimum absolute atomic E-state index is 0.127. The first-order valence-electron chi connectivity index (χ1n) is 13.0. The van der Waals surface area contributed by atoms with E-state index >= 15 is 0 Å². The first-order chi connectivity index (χ1) is 17.6. The van der Waals surface area contributed by atoms with Gasteiger partial charge in [-0.25, -0.2) is 9.37 Å². The number of hydrogen-bond donors (Lipinski definition) is 1. The molecule has 7 nitrogen and oxygen atoms in total. The molecule has 1 aromatic heterocycles. The van der Waals surface area contributed by atoms with E-state index in [4.69, 9.17) is 19.2 Å². The van der Waals surface area contributed by atoms with E-state index in [1.807, 2.05) is 0 Å². The van der Waals surface area contributed by atoms with Crippen LogP contribution in [0.15, 0.2) is 30.3 Å². The van der Waals surface area contributed by atoms with Crippen LogP contribution < -0.4 is 10.1 Å². The van der Waals surface area contributed by atoms with Crippen molar-refractivity contribution in [3.63, 3.8) is 0 Å². The molecule has 0 aliphatic carbocycles. The van der Waals surface area contributed by atoms with Crippen molar-refractivity contribution >= 4 is 11.8 Å². The maximum absolute atomic E-state index is 14.9. The molecule has 0 amide bonds. The molecule has 0 spiro atoms. The van der Waals surface area contributed by atoms with Crippen molar-refractivity contribution in [1.82, 2.24) is 9.88 Å². The predicted octanol–water partition coefficient (Wildman–Crippen LogP) is 4.21. The topological polar surface area (TPSA) is 72.9 Å². The van der Waals surface area contributed by atoms with Gasteiger partial charge in [-0.3, -0.25) is 4.79 Å². The smallest absolute Gasteiger partial charge is 0.306 e. The van der Waals surface area contributed by atoms with E-state index in [1.54, 1.807) is 19.2 Å². The number of likely N-dealkylation sites (tertiary alicyclic amines) is 1. The SMILES string of the molecule is COCCOc1ccc(F)c([C@H](CC(=O)OC)CN2CC[C@@H](CCc3ccc4c(n3)NCCC4)C2)c1. The Bertz CT molecular complexity index is 1020. The number of carbonyl (C=O) groups is 1. The number of fused-ring (bicyclic) bond motifs is 1. The van der Waals surface area contributed by atoms with Gasteiger partial charge in [0.2, 0.25) is 0 Å². The highest BCUT2D eigenvalue weighted by Gasteiger charge is 2.28. The number of esters is 1. The summed E-state index contributed by atoms with van der Waals surface area (Å²) >= 11 is 0. The van der Waals surface area contributed by atoms with Crippen LogP contribution in [-0.2, 0) is 27.1 Å². The second kappa shape index (κ2) is 13.0. The molecule has 8 heteroatoms. The van der Waals surface area contributed by atoms with Crippen LogP contribution in [0.25, 0.3) is 0 Å². The number of aromatic nitrogens is 1. The number of ether oxygens (including phenoxy) is 3. The molecule has 0 bridgehead atoms. The third-order valence-corrected chi connectivity index (χ3v) is 7.21. The molecule has 2 atom stereocenters. The van der Waals surface area contributed by atoms with E-state index in [0.29, 0.717) is 37.0 Å². The second-order valence-corrected chi connectivity index (χ2v) is 9.80. The Morgan fingerprint density at radius 2 is 2.14 bits per heavy atom. The fourth-order valence-electron chi connectivity index (χ4n) is 5.21. The third kappa shape index (κ3) is 7.17. The van der Waals surface area contributed by atoms with Crippen molar-refractivity contribution in [2.24, 2.45) is 5.92 Å². The fraction of sp³-hybridized carbons (Fsp3) is 0.571. The number of rotatable bonds is 12. The average molecular weight is 500 g/mol. The molecule has 2 aliphatic rings. The fourth-order valence-corrected chi connectivity index (χ4v) is 5.21. The highest BCUT2D eigenvalue weighted by molar-refractivity contribution is 5.70. The number of carbonyl (C=O) groups excluding carboxylic acids is 1. The number of hydrogen-bond acceptors (Lipinski definition) is 7. The summed E-state index contributed by atoms with van der Waals surface area (Å²) in [6, 6.07) is 9.11. The quantitative estimate of drug-likeness (QED) is 0.347. The highest BCUT2D eigenvalue weighted by Crippen LogP contribution is 2.31. The monoisotopic (exact) mass is 499 g/mol. The second-order valence-electron chi connectivity index (χ2n) is 9.80. The van der Waals surface area contributed by atoms with Crippen LogP contribution in [0.1, 0.15) is 48.4 Å². The number of nitrogens with zero attached hydrogens (tertiary/aromatic N) is 2. The Labute approximate surface area is 213 Å². The summed E-state index contributed by atoms with van der Waals surface area (Å²) in [4.78, 5) is 19.4. The van der Waals surface area contributed by atoms with Crippen LogP contribution in [0.5, 0.6) is 5.75 Å². The number of pyridine rings is 1. The molecular weight excluding hydrogens is 461 g/mol. The lowest BCUT2D eigenvalue weighted by Gasteiger charge is -2.24. The molecule has 3 heterocycles. The molecule has 1 fully saturated rings. The zero-order valence-electron chi connectivity index (χ0n) is 21.4. The van der Waals surface area contributed by atoms with Gasteiger partial charge in [-0.05, 0) is 80.0 Å². The van der Waals surface area contributed by atoms with Gasteiger partial charge in [-0.15, -0.1) is 0 Å². The van der Waals surface area contributed by atoms with Gasteiger partial charge in [0.1, 0.15) is 24.0 Å². The van der Waals surface area contributed by atoms with E-state index in [0.717, 1.165) is 63.3 Å². The van der Waals surface area contributed by atoms with Crippen molar-refractivity contribution in [1.29, 1.82) is 0 Å². The number of anilines is 1. The van der Waals surface area contributed by atoms with Gasteiger partial charge < -0.3 is 24.4 Å². The van der Waals surface area contributed by atoms with Gasteiger partial charge in [-0.1, -0.05) is 6.07 Å². The van der Waals surface area contributed by atoms with Gasteiger partial charge >= 0.3 is 5.97 Å². The molecule has 1 N–H and O–H groups in total. The molecule has 196 valence electrons. The molecule has 1 saturated heterocycles. The molecule has 0 radical (unpaired) electrons. The predicted molar refractivity (Wildman–Crippen MR) is 137 cm³/mol. The van der Waals surface area contributed by atoms with Crippen LogP contribution >= 0.6 is 0 Å². The van der Waals surface area contributed by atoms with Crippen LogP contribution in [0.4, 0.5) is 10.2 Å². The number of methoxy groups -OCH3 is 2. The first kappa shape index (κ1) is 26.4. The average Bonchev–Trinajstić information content (AvgIpc) is 3.35. The zero-order valence-corrected chi connectivity index (χ0v) is 21.4. The Morgan fingerprint density at radius 3 is 2.97 bits per heavy atom. The van der Waals surface area contributed by atoms with Crippen molar-refractivity contribution in [2.75, 3.05) is 58.9 Å². The number of nitrogens with one attached hydrogen (secondary N) is 1.